The monoisotopic (exact) mass is 261 g/mol. The van der Waals surface area contributed by atoms with Crippen molar-refractivity contribution in [3.8, 4) is 11.1 Å². The maximum absolute atomic E-state index is 6.04. The quantitative estimate of drug-likeness (QED) is 0.886. The molecule has 1 saturated carbocycles. The molecule has 0 atom stereocenters. The summed E-state index contributed by atoms with van der Waals surface area (Å²) in [6.45, 7) is 0. The van der Waals surface area contributed by atoms with Gasteiger partial charge in [0.15, 0.2) is 5.82 Å². The predicted octanol–water partition coefficient (Wildman–Crippen LogP) is 3.65. The zero-order chi connectivity index (χ0) is 12.5. The van der Waals surface area contributed by atoms with Gasteiger partial charge in [-0.1, -0.05) is 43.0 Å². The molecule has 18 heavy (non-hydrogen) atoms. The molecule has 94 valence electrons. The van der Waals surface area contributed by atoms with Crippen LogP contribution < -0.4 is 5.73 Å². The minimum Gasteiger partial charge on any atom is -0.382 e. The van der Waals surface area contributed by atoms with Crippen molar-refractivity contribution >= 4 is 17.4 Å². The Morgan fingerprint density at radius 3 is 2.89 bits per heavy atom. The highest BCUT2D eigenvalue weighted by molar-refractivity contribution is 6.30. The molecule has 0 bridgehead atoms. The topological polar surface area (TPSA) is 54.7 Å². The maximum Gasteiger partial charge on any atom is 0.153 e. The maximum atomic E-state index is 6.04. The molecule has 0 aliphatic heterocycles. The van der Waals surface area contributed by atoms with Crippen LogP contribution in [0, 0.1) is 5.92 Å². The van der Waals surface area contributed by atoms with E-state index in [1.165, 1.54) is 19.3 Å². The number of nitrogens with two attached hydrogens (primary N) is 1. The van der Waals surface area contributed by atoms with E-state index >= 15 is 0 Å². The lowest BCUT2D eigenvalue weighted by atomic mass is 9.81. The van der Waals surface area contributed by atoms with E-state index < -0.39 is 0 Å². The summed E-state index contributed by atoms with van der Waals surface area (Å²) in [5.41, 5.74) is 9.17. The van der Waals surface area contributed by atoms with Crippen molar-refractivity contribution in [3.63, 3.8) is 0 Å². The largest absolute Gasteiger partial charge is 0.382 e. The zero-order valence-electron chi connectivity index (χ0n) is 10.1. The Morgan fingerprint density at radius 1 is 1.39 bits per heavy atom. The van der Waals surface area contributed by atoms with E-state index in [-0.39, 0.29) is 0 Å². The minimum absolute atomic E-state index is 0.562. The molecule has 1 aromatic carbocycles. The van der Waals surface area contributed by atoms with Gasteiger partial charge in [-0.2, -0.15) is 5.10 Å². The average Bonchev–Trinajstić information content (AvgIpc) is 2.65. The molecule has 3 N–H and O–H groups in total. The molecule has 1 aliphatic rings. The molecule has 0 saturated heterocycles. The Morgan fingerprint density at radius 2 is 2.22 bits per heavy atom. The van der Waals surface area contributed by atoms with Crippen LogP contribution in [0.25, 0.3) is 11.1 Å². The average molecular weight is 262 g/mol. The first-order valence-electron chi connectivity index (χ1n) is 6.32. The van der Waals surface area contributed by atoms with Crippen LogP contribution >= 0.6 is 11.6 Å². The summed E-state index contributed by atoms with van der Waals surface area (Å²) < 4.78 is 0. The Kier molecular flexibility index (Phi) is 3.00. The number of anilines is 1. The van der Waals surface area contributed by atoms with Crippen LogP contribution in [0.15, 0.2) is 24.3 Å². The van der Waals surface area contributed by atoms with Crippen LogP contribution in [-0.4, -0.2) is 10.2 Å². The molecule has 1 fully saturated rings. The summed E-state index contributed by atoms with van der Waals surface area (Å²) in [7, 11) is 0. The van der Waals surface area contributed by atoms with Crippen LogP contribution in [-0.2, 0) is 6.42 Å². The van der Waals surface area contributed by atoms with E-state index in [1.54, 1.807) is 0 Å². The van der Waals surface area contributed by atoms with E-state index in [4.69, 9.17) is 17.3 Å². The summed E-state index contributed by atoms with van der Waals surface area (Å²) in [5, 5.41) is 7.94. The molecule has 1 aliphatic carbocycles. The van der Waals surface area contributed by atoms with Gasteiger partial charge in [-0.25, -0.2) is 0 Å². The van der Waals surface area contributed by atoms with Crippen LogP contribution in [0.5, 0.6) is 0 Å². The van der Waals surface area contributed by atoms with Crippen molar-refractivity contribution < 1.29 is 0 Å². The van der Waals surface area contributed by atoms with Crippen LogP contribution in [0.4, 0.5) is 5.82 Å². The van der Waals surface area contributed by atoms with Gasteiger partial charge >= 0.3 is 0 Å². The SMILES string of the molecule is Nc1n[nH]c(CC2CCC2)c1-c1cccc(Cl)c1. The third kappa shape index (κ3) is 2.10. The molecule has 0 amide bonds. The second-order valence-electron chi connectivity index (χ2n) is 4.97. The second-order valence-corrected chi connectivity index (χ2v) is 5.41. The number of aromatic nitrogens is 2. The number of hydrogen-bond acceptors (Lipinski definition) is 2. The predicted molar refractivity (Wildman–Crippen MR) is 74.5 cm³/mol. The van der Waals surface area contributed by atoms with Crippen molar-refractivity contribution in [2.45, 2.75) is 25.7 Å². The van der Waals surface area contributed by atoms with Crippen LogP contribution in [0.2, 0.25) is 5.02 Å². The number of nitrogen functional groups attached to an aromatic ring is 1. The smallest absolute Gasteiger partial charge is 0.153 e. The van der Waals surface area contributed by atoms with Gasteiger partial charge < -0.3 is 5.73 Å². The number of nitrogens with one attached hydrogen (secondary N) is 1. The Hall–Kier alpha value is -1.48. The fourth-order valence-electron chi connectivity index (χ4n) is 2.49. The minimum atomic E-state index is 0.562. The normalized spacial score (nSPS) is 15.6. The van der Waals surface area contributed by atoms with Crippen LogP contribution in [0.3, 0.4) is 0 Å². The molecule has 0 radical (unpaired) electrons. The van der Waals surface area contributed by atoms with Gasteiger partial charge in [-0.3, -0.25) is 5.10 Å². The number of benzene rings is 1. The summed E-state index contributed by atoms with van der Waals surface area (Å²) in [6, 6.07) is 7.77. The lowest BCUT2D eigenvalue weighted by molar-refractivity contribution is 0.312. The zero-order valence-corrected chi connectivity index (χ0v) is 10.9. The van der Waals surface area contributed by atoms with Gasteiger partial charge in [0.05, 0.1) is 0 Å². The van der Waals surface area contributed by atoms with E-state index in [9.17, 15) is 0 Å². The van der Waals surface area contributed by atoms with Crippen LogP contribution in [0.1, 0.15) is 25.0 Å². The molecule has 4 heteroatoms. The highest BCUT2D eigenvalue weighted by Crippen LogP contribution is 2.35. The van der Waals surface area contributed by atoms with E-state index in [1.807, 2.05) is 24.3 Å². The Bertz CT molecular complexity index is 558. The van der Waals surface area contributed by atoms with Gasteiger partial charge in [0.25, 0.3) is 0 Å². The van der Waals surface area contributed by atoms with Crippen molar-refractivity contribution in [3.05, 3.63) is 35.0 Å². The van der Waals surface area contributed by atoms with Gasteiger partial charge in [0, 0.05) is 16.3 Å². The molecule has 3 nitrogen and oxygen atoms in total. The molecular weight excluding hydrogens is 246 g/mol. The molecule has 0 spiro atoms. The van der Waals surface area contributed by atoms with Gasteiger partial charge in [0.1, 0.15) is 0 Å². The van der Waals surface area contributed by atoms with Crippen molar-refractivity contribution in [2.75, 3.05) is 5.73 Å². The summed E-state index contributed by atoms with van der Waals surface area (Å²) >= 11 is 6.04. The Balaban J connectivity index is 1.96. The number of nitrogens with zero attached hydrogens (tertiary/aromatic N) is 1. The fraction of sp³-hybridized carbons (Fsp3) is 0.357. The highest BCUT2D eigenvalue weighted by atomic mass is 35.5. The third-order valence-corrected chi connectivity index (χ3v) is 3.94. The standard InChI is InChI=1S/C14H16ClN3/c15-11-6-2-5-10(8-11)13-12(17-18-14(13)16)7-9-3-1-4-9/h2,5-6,8-9H,1,3-4,7H2,(H3,16,17,18). The second kappa shape index (κ2) is 4.65. The Labute approximate surface area is 111 Å². The lowest BCUT2D eigenvalue weighted by Gasteiger charge is -2.25. The fourth-order valence-corrected chi connectivity index (χ4v) is 2.68. The number of rotatable bonds is 3. The van der Waals surface area contributed by atoms with Gasteiger partial charge in [0.2, 0.25) is 0 Å². The van der Waals surface area contributed by atoms with Gasteiger partial charge in [-0.05, 0) is 30.0 Å². The van der Waals surface area contributed by atoms with Gasteiger partial charge in [-0.15, -0.1) is 0 Å². The first kappa shape index (κ1) is 11.6. The highest BCUT2D eigenvalue weighted by Gasteiger charge is 2.22. The molecule has 0 unspecified atom stereocenters. The number of H-pyrrole nitrogens is 1. The first-order valence-corrected chi connectivity index (χ1v) is 6.70. The molecule has 3 rings (SSSR count). The van der Waals surface area contributed by atoms with Crippen molar-refractivity contribution in [2.24, 2.45) is 5.92 Å². The van der Waals surface area contributed by atoms with Crippen molar-refractivity contribution in [1.29, 1.82) is 0 Å². The number of halogens is 1. The lowest BCUT2D eigenvalue weighted by Crippen LogP contribution is -2.14. The summed E-state index contributed by atoms with van der Waals surface area (Å²) in [6.07, 6.45) is 5.01. The number of hydrogen-bond donors (Lipinski definition) is 2. The van der Waals surface area contributed by atoms with E-state index in [0.717, 1.165) is 34.2 Å². The first-order chi connectivity index (χ1) is 8.74. The van der Waals surface area contributed by atoms with Crippen molar-refractivity contribution in [1.82, 2.24) is 10.2 Å². The van der Waals surface area contributed by atoms with E-state index in [2.05, 4.69) is 10.2 Å². The molecule has 1 heterocycles. The molecule has 1 aromatic heterocycles. The molecule has 2 aromatic rings. The summed E-state index contributed by atoms with van der Waals surface area (Å²) in [4.78, 5) is 0. The number of aromatic amines is 1. The van der Waals surface area contributed by atoms with E-state index in [0.29, 0.717) is 5.82 Å². The third-order valence-electron chi connectivity index (χ3n) is 3.70. The molecular formula is C14H16ClN3. The summed E-state index contributed by atoms with van der Waals surface area (Å²) in [5.74, 6) is 1.34.